The molecule has 104 valence electrons. The molecule has 1 saturated heterocycles. The Morgan fingerprint density at radius 1 is 1.58 bits per heavy atom. The first-order chi connectivity index (χ1) is 8.99. The molecular weight excluding hydrogens is 245 g/mol. The molecular formula is C14H20FN3O. The molecule has 5 heteroatoms. The average molecular weight is 265 g/mol. The van der Waals surface area contributed by atoms with Gasteiger partial charge in [0.1, 0.15) is 5.82 Å². The van der Waals surface area contributed by atoms with Crippen LogP contribution < -0.4 is 16.0 Å². The minimum absolute atomic E-state index is 0.0292. The van der Waals surface area contributed by atoms with Gasteiger partial charge in [-0.05, 0) is 25.5 Å². The van der Waals surface area contributed by atoms with Crippen molar-refractivity contribution in [1.29, 1.82) is 0 Å². The van der Waals surface area contributed by atoms with Gasteiger partial charge in [-0.3, -0.25) is 4.79 Å². The Balaban J connectivity index is 2.20. The molecule has 0 spiro atoms. The van der Waals surface area contributed by atoms with E-state index < -0.39 is 0 Å². The largest absolute Gasteiger partial charge is 0.369 e. The molecule has 0 aliphatic carbocycles. The minimum Gasteiger partial charge on any atom is -0.369 e. The van der Waals surface area contributed by atoms with Crippen molar-refractivity contribution in [2.24, 2.45) is 5.73 Å². The molecule has 19 heavy (non-hydrogen) atoms. The first-order valence-electron chi connectivity index (χ1n) is 6.55. The molecule has 1 aromatic carbocycles. The normalized spacial score (nSPS) is 20.4. The average Bonchev–Trinajstić information content (AvgIpc) is 2.75. The molecule has 0 saturated carbocycles. The molecule has 2 atom stereocenters. The summed E-state index contributed by atoms with van der Waals surface area (Å²) in [6, 6.07) is 4.79. The van der Waals surface area contributed by atoms with Crippen molar-refractivity contribution >= 4 is 11.6 Å². The van der Waals surface area contributed by atoms with Crippen LogP contribution in [0.15, 0.2) is 18.2 Å². The number of halogens is 1. The van der Waals surface area contributed by atoms with Gasteiger partial charge in [-0.2, -0.15) is 0 Å². The van der Waals surface area contributed by atoms with Crippen LogP contribution in [-0.4, -0.2) is 25.0 Å². The van der Waals surface area contributed by atoms with E-state index in [4.69, 9.17) is 5.73 Å². The van der Waals surface area contributed by atoms with Crippen LogP contribution in [0, 0.1) is 5.82 Å². The molecule has 1 amide bonds. The number of hydrogen-bond donors (Lipinski definition) is 2. The standard InChI is InChI=1S/C14H20FN3O/c1-9(16)14-12(15)4-3-5-13(14)18-7-6-11(8-18)17-10(2)19/h3-5,9,11H,6-8,16H2,1-2H3,(H,17,19)/t9-,11?/m0/s1. The molecule has 1 heterocycles. The first-order valence-corrected chi connectivity index (χ1v) is 6.55. The quantitative estimate of drug-likeness (QED) is 0.872. The van der Waals surface area contributed by atoms with Crippen molar-refractivity contribution in [3.8, 4) is 0 Å². The molecule has 1 aliphatic heterocycles. The fourth-order valence-corrected chi connectivity index (χ4v) is 2.64. The van der Waals surface area contributed by atoms with Gasteiger partial charge in [0.2, 0.25) is 5.91 Å². The van der Waals surface area contributed by atoms with Gasteiger partial charge in [-0.1, -0.05) is 6.07 Å². The summed E-state index contributed by atoms with van der Waals surface area (Å²) in [5.41, 5.74) is 7.25. The van der Waals surface area contributed by atoms with E-state index in [-0.39, 0.29) is 23.8 Å². The molecule has 0 radical (unpaired) electrons. The predicted octanol–water partition coefficient (Wildman–Crippen LogP) is 1.56. The lowest BCUT2D eigenvalue weighted by atomic mass is 10.1. The highest BCUT2D eigenvalue weighted by atomic mass is 19.1. The summed E-state index contributed by atoms with van der Waals surface area (Å²) in [7, 11) is 0. The number of anilines is 1. The molecule has 1 aliphatic rings. The van der Waals surface area contributed by atoms with Gasteiger partial charge in [-0.15, -0.1) is 0 Å². The van der Waals surface area contributed by atoms with Crippen LogP contribution in [0.25, 0.3) is 0 Å². The third kappa shape index (κ3) is 3.04. The van der Waals surface area contributed by atoms with Crippen LogP contribution in [0.3, 0.4) is 0 Å². The molecule has 2 rings (SSSR count). The number of rotatable bonds is 3. The number of carbonyl (C=O) groups excluding carboxylic acids is 1. The summed E-state index contributed by atoms with van der Waals surface area (Å²) in [5.74, 6) is -0.297. The Labute approximate surface area is 112 Å². The van der Waals surface area contributed by atoms with E-state index in [0.29, 0.717) is 12.1 Å². The molecule has 0 aromatic heterocycles. The Morgan fingerprint density at radius 2 is 2.32 bits per heavy atom. The van der Waals surface area contributed by atoms with Gasteiger partial charge in [0.05, 0.1) is 0 Å². The van der Waals surface area contributed by atoms with Crippen LogP contribution in [0.1, 0.15) is 31.9 Å². The highest BCUT2D eigenvalue weighted by Crippen LogP contribution is 2.30. The van der Waals surface area contributed by atoms with E-state index in [1.165, 1.54) is 13.0 Å². The zero-order valence-corrected chi connectivity index (χ0v) is 11.3. The monoisotopic (exact) mass is 265 g/mol. The topological polar surface area (TPSA) is 58.4 Å². The maximum atomic E-state index is 13.9. The second-order valence-corrected chi connectivity index (χ2v) is 5.09. The van der Waals surface area contributed by atoms with Gasteiger partial charge >= 0.3 is 0 Å². The number of benzene rings is 1. The van der Waals surface area contributed by atoms with Gasteiger partial charge in [0.15, 0.2) is 0 Å². The highest BCUT2D eigenvalue weighted by molar-refractivity contribution is 5.73. The summed E-state index contributed by atoms with van der Waals surface area (Å²) < 4.78 is 13.9. The van der Waals surface area contributed by atoms with Gasteiger partial charge in [0.25, 0.3) is 0 Å². The van der Waals surface area contributed by atoms with Crippen molar-refractivity contribution in [2.45, 2.75) is 32.4 Å². The number of amides is 1. The first kappa shape index (κ1) is 13.8. The third-order valence-corrected chi connectivity index (χ3v) is 3.42. The SMILES string of the molecule is CC(=O)NC1CCN(c2cccc(F)c2[C@H](C)N)C1. The predicted molar refractivity (Wildman–Crippen MR) is 73.4 cm³/mol. The summed E-state index contributed by atoms with van der Waals surface area (Å²) in [6.45, 7) is 4.79. The zero-order valence-electron chi connectivity index (χ0n) is 11.3. The van der Waals surface area contributed by atoms with E-state index in [2.05, 4.69) is 10.2 Å². The summed E-state index contributed by atoms with van der Waals surface area (Å²) in [5, 5.41) is 2.90. The number of hydrogen-bond acceptors (Lipinski definition) is 3. The summed E-state index contributed by atoms with van der Waals surface area (Å²) in [6.07, 6.45) is 0.870. The molecule has 1 fully saturated rings. The van der Waals surface area contributed by atoms with Crippen molar-refractivity contribution in [3.63, 3.8) is 0 Å². The molecule has 1 aromatic rings. The third-order valence-electron chi connectivity index (χ3n) is 3.42. The van der Waals surface area contributed by atoms with Gasteiger partial charge in [-0.25, -0.2) is 4.39 Å². The fraction of sp³-hybridized carbons (Fsp3) is 0.500. The fourth-order valence-electron chi connectivity index (χ4n) is 2.64. The number of nitrogens with one attached hydrogen (secondary N) is 1. The van der Waals surface area contributed by atoms with E-state index in [9.17, 15) is 9.18 Å². The van der Waals surface area contributed by atoms with Crippen LogP contribution in [0.4, 0.5) is 10.1 Å². The van der Waals surface area contributed by atoms with E-state index in [1.807, 2.05) is 6.07 Å². The maximum absolute atomic E-state index is 13.9. The molecule has 4 nitrogen and oxygen atoms in total. The number of nitrogens with two attached hydrogens (primary N) is 1. The maximum Gasteiger partial charge on any atom is 0.217 e. The van der Waals surface area contributed by atoms with Crippen LogP contribution >= 0.6 is 0 Å². The van der Waals surface area contributed by atoms with E-state index in [0.717, 1.165) is 18.7 Å². The Morgan fingerprint density at radius 3 is 2.95 bits per heavy atom. The lowest BCUT2D eigenvalue weighted by Gasteiger charge is -2.24. The Bertz CT molecular complexity index is 476. The second kappa shape index (κ2) is 5.57. The van der Waals surface area contributed by atoms with Gasteiger partial charge < -0.3 is 16.0 Å². The van der Waals surface area contributed by atoms with E-state index >= 15 is 0 Å². The number of nitrogens with zero attached hydrogens (tertiary/aromatic N) is 1. The second-order valence-electron chi connectivity index (χ2n) is 5.09. The van der Waals surface area contributed by atoms with Crippen molar-refractivity contribution in [3.05, 3.63) is 29.6 Å². The van der Waals surface area contributed by atoms with Crippen molar-refractivity contribution in [1.82, 2.24) is 5.32 Å². The lowest BCUT2D eigenvalue weighted by Crippen LogP contribution is -2.35. The van der Waals surface area contributed by atoms with Crippen molar-refractivity contribution in [2.75, 3.05) is 18.0 Å². The van der Waals surface area contributed by atoms with Gasteiger partial charge in [0, 0.05) is 43.3 Å². The Kier molecular flexibility index (Phi) is 4.04. The van der Waals surface area contributed by atoms with Crippen LogP contribution in [-0.2, 0) is 4.79 Å². The molecule has 3 N–H and O–H groups in total. The smallest absolute Gasteiger partial charge is 0.217 e. The molecule has 0 bridgehead atoms. The highest BCUT2D eigenvalue weighted by Gasteiger charge is 2.26. The summed E-state index contributed by atoms with van der Waals surface area (Å²) >= 11 is 0. The van der Waals surface area contributed by atoms with Crippen LogP contribution in [0.5, 0.6) is 0 Å². The Hall–Kier alpha value is -1.62. The lowest BCUT2D eigenvalue weighted by molar-refractivity contribution is -0.119. The van der Waals surface area contributed by atoms with Crippen molar-refractivity contribution < 1.29 is 9.18 Å². The zero-order chi connectivity index (χ0) is 14.0. The van der Waals surface area contributed by atoms with E-state index in [1.54, 1.807) is 13.0 Å². The van der Waals surface area contributed by atoms with Crippen LogP contribution in [0.2, 0.25) is 0 Å². The number of carbonyl (C=O) groups is 1. The minimum atomic E-state index is -0.351. The molecule has 1 unspecified atom stereocenters. The summed E-state index contributed by atoms with van der Waals surface area (Å²) in [4.78, 5) is 13.1.